The molecule has 0 aromatic rings. The van der Waals surface area contributed by atoms with Crippen LogP contribution in [0.5, 0.6) is 0 Å². The van der Waals surface area contributed by atoms with Crippen molar-refractivity contribution in [3.05, 3.63) is 0 Å². The number of hydrogen-bond acceptors (Lipinski definition) is 12. The molecule has 0 spiro atoms. The van der Waals surface area contributed by atoms with E-state index in [1.165, 1.54) is 42.7 Å². The van der Waals surface area contributed by atoms with E-state index >= 15 is 0 Å². The average molecular weight is 527 g/mol. The Balaban J connectivity index is -0.000000108. The molecule has 0 unspecified atom stereocenters. The third-order valence-electron chi connectivity index (χ3n) is 1.34. The molecule has 0 amide bonds. The molecule has 16 heteroatoms. The van der Waals surface area contributed by atoms with Crippen LogP contribution in [0.4, 0.5) is 0 Å². The Morgan fingerprint density at radius 1 is 0.500 bits per heavy atom. The van der Waals surface area contributed by atoms with E-state index in [0.29, 0.717) is 0 Å². The van der Waals surface area contributed by atoms with Crippen molar-refractivity contribution in [1.82, 2.24) is 0 Å². The van der Waals surface area contributed by atoms with Gasteiger partial charge in [0, 0.05) is 42.7 Å². The summed E-state index contributed by atoms with van der Waals surface area (Å²) in [6.07, 6.45) is 0. The van der Waals surface area contributed by atoms with Gasteiger partial charge in [0.15, 0.2) is 0 Å². The first kappa shape index (κ1) is 32.9. The Kier molecular flexibility index (Phi) is 26.4. The molecule has 6 nitrogen and oxygen atoms in total. The molecule has 0 bridgehead atoms. The van der Waals surface area contributed by atoms with E-state index in [2.05, 4.69) is 99.3 Å². The van der Waals surface area contributed by atoms with E-state index in [9.17, 15) is 0 Å². The van der Waals surface area contributed by atoms with Crippen LogP contribution in [0.1, 0.15) is 0 Å². The van der Waals surface area contributed by atoms with Gasteiger partial charge >= 0.3 is 17.1 Å². The fourth-order valence-electron chi connectivity index (χ4n) is 0.224. The molecule has 0 aromatic carbocycles. The van der Waals surface area contributed by atoms with Crippen LogP contribution >= 0.6 is 17.1 Å². The summed E-state index contributed by atoms with van der Waals surface area (Å²) >= 11 is 27.8. The average Bonchev–Trinajstić information content (AvgIpc) is 2.48. The van der Waals surface area contributed by atoms with Crippen LogP contribution in [0.2, 0.25) is 0 Å². The third-order valence-corrected chi connectivity index (χ3v) is 9.39. The molecule has 0 rings (SSSR count). The zero-order valence-electron chi connectivity index (χ0n) is 12.6. The molecule has 0 aromatic heterocycles. The number of rotatable bonds is 6. The van der Waals surface area contributed by atoms with Crippen molar-refractivity contribution in [2.45, 2.75) is 0 Å². The van der Waals surface area contributed by atoms with E-state index in [1.54, 1.807) is 0 Å². The standard InChI is InChI=1S/3C2H7O2PS2.Fe/c3*1-3-5(6,7)4-2;/h3*1-2H3,(H,6,7);/q;;;+3/p-3. The molecule has 22 heavy (non-hydrogen) atoms. The van der Waals surface area contributed by atoms with Crippen LogP contribution in [0.15, 0.2) is 0 Å². The molecule has 0 fully saturated rings. The van der Waals surface area contributed by atoms with Gasteiger partial charge in [0.1, 0.15) is 0 Å². The number of hydrogen-bond donors (Lipinski definition) is 0. The first-order chi connectivity index (χ1) is 9.36. The molecule has 0 heterocycles. The zero-order valence-corrected chi connectivity index (χ0v) is 21.3. The molecule has 0 N–H and O–H groups in total. The summed E-state index contributed by atoms with van der Waals surface area (Å²) in [5.41, 5.74) is -6.71. The van der Waals surface area contributed by atoms with Crippen molar-refractivity contribution in [3.8, 4) is 0 Å². The van der Waals surface area contributed by atoms with Gasteiger partial charge in [0.2, 0.25) is 0 Å². The summed E-state index contributed by atoms with van der Waals surface area (Å²) in [5, 5.41) is 0. The minimum Gasteiger partial charge on any atom is -0.691 e. The molecular weight excluding hydrogens is 509 g/mol. The Hall–Kier alpha value is 3.28. The molecule has 0 aliphatic rings. The van der Waals surface area contributed by atoms with Crippen LogP contribution in [0, 0.1) is 0 Å². The van der Waals surface area contributed by atoms with Gasteiger partial charge < -0.3 is 63.9 Å². The monoisotopic (exact) mass is 527 g/mol. The van der Waals surface area contributed by atoms with Crippen LogP contribution in [0.25, 0.3) is 0 Å². The molecular formula is C6H18FeO6P3S6. The molecule has 0 aliphatic heterocycles. The first-order valence-electron chi connectivity index (χ1n) is 4.64. The van der Waals surface area contributed by atoms with E-state index in [4.69, 9.17) is 0 Å². The van der Waals surface area contributed by atoms with E-state index in [1.807, 2.05) is 0 Å². The molecule has 137 valence electrons. The van der Waals surface area contributed by atoms with Gasteiger partial charge in [0.05, 0.1) is 17.1 Å². The van der Waals surface area contributed by atoms with Gasteiger partial charge in [-0.2, -0.15) is 0 Å². The van der Waals surface area contributed by atoms with Gasteiger partial charge in [-0.1, -0.05) is 35.4 Å². The molecule has 0 saturated carbocycles. The summed E-state index contributed by atoms with van der Waals surface area (Å²) in [5.74, 6) is 0. The van der Waals surface area contributed by atoms with Gasteiger partial charge in [-0.05, 0) is 0 Å². The summed E-state index contributed by atoms with van der Waals surface area (Å²) in [7, 11) is 8.73. The van der Waals surface area contributed by atoms with Gasteiger partial charge in [0.25, 0.3) is 0 Å². The van der Waals surface area contributed by atoms with Crippen molar-refractivity contribution in [2.75, 3.05) is 42.7 Å². The molecule has 0 atom stereocenters. The predicted molar refractivity (Wildman–Crippen MR) is 107 cm³/mol. The maximum atomic E-state index is 4.63. The van der Waals surface area contributed by atoms with Crippen LogP contribution in [-0.2, 0) is 116 Å². The molecule has 1 radical (unpaired) electrons. The van der Waals surface area contributed by atoms with Crippen molar-refractivity contribution in [2.24, 2.45) is 0 Å². The van der Waals surface area contributed by atoms with Crippen LogP contribution in [0.3, 0.4) is 0 Å². The van der Waals surface area contributed by atoms with Crippen LogP contribution < -0.4 is 0 Å². The van der Waals surface area contributed by atoms with Gasteiger partial charge in [-0.3, -0.25) is 0 Å². The van der Waals surface area contributed by atoms with E-state index < -0.39 is 17.1 Å². The maximum absolute atomic E-state index is 4.63. The topological polar surface area (TPSA) is 55.4 Å². The Morgan fingerprint density at radius 2 is 0.591 bits per heavy atom. The van der Waals surface area contributed by atoms with E-state index in [0.717, 1.165) is 0 Å². The van der Waals surface area contributed by atoms with E-state index in [-0.39, 0.29) is 17.1 Å². The Bertz CT molecular complexity index is 320. The van der Waals surface area contributed by atoms with Crippen LogP contribution in [-0.4, -0.2) is 42.7 Å². The SMILES string of the molecule is COP(=S)([S-])OC.COP(=S)([S-])OC.COP(=S)([S-])OC.[Fe+3]. The van der Waals surface area contributed by atoms with Gasteiger partial charge in [-0.15, -0.1) is 0 Å². The minimum atomic E-state index is -2.24. The van der Waals surface area contributed by atoms with Crippen molar-refractivity contribution < 1.29 is 44.2 Å². The summed E-state index contributed by atoms with van der Waals surface area (Å²) in [6.45, 7) is 0. The molecule has 0 saturated heterocycles. The Labute approximate surface area is 174 Å². The van der Waals surface area contributed by atoms with Crippen molar-refractivity contribution in [3.63, 3.8) is 0 Å². The quantitative estimate of drug-likeness (QED) is 0.290. The fraction of sp³-hybridized carbons (Fsp3) is 1.00. The second-order valence-corrected chi connectivity index (χ2v) is 18.0. The minimum absolute atomic E-state index is 0. The normalized spacial score (nSPS) is 11.3. The van der Waals surface area contributed by atoms with Crippen molar-refractivity contribution >= 4 is 89.2 Å². The molecule has 0 aliphatic carbocycles. The smallest absolute Gasteiger partial charge is 0.691 e. The zero-order chi connectivity index (χ0) is 17.7. The maximum Gasteiger partial charge on any atom is 3.00 e. The fourth-order valence-corrected chi connectivity index (χ4v) is 0.671. The first-order valence-corrected chi connectivity index (χ1v) is 15.6. The largest absolute Gasteiger partial charge is 3.00 e. The predicted octanol–water partition coefficient (Wildman–Crippen LogP) is 3.15. The summed E-state index contributed by atoms with van der Waals surface area (Å²) < 4.78 is 27.6. The van der Waals surface area contributed by atoms with Crippen molar-refractivity contribution in [1.29, 1.82) is 0 Å². The van der Waals surface area contributed by atoms with Gasteiger partial charge in [-0.25, -0.2) is 0 Å². The summed E-state index contributed by atoms with van der Waals surface area (Å²) in [6, 6.07) is 0. The third kappa shape index (κ3) is 25.5. The second-order valence-electron chi connectivity index (χ2n) is 2.44. The second kappa shape index (κ2) is 17.7. The summed E-state index contributed by atoms with van der Waals surface area (Å²) in [4.78, 5) is 0. The Morgan fingerprint density at radius 3 is 0.591 bits per heavy atom.